The lowest BCUT2D eigenvalue weighted by atomic mass is 10.2. The van der Waals surface area contributed by atoms with E-state index in [-0.39, 0.29) is 0 Å². The Morgan fingerprint density at radius 2 is 2.08 bits per heavy atom. The van der Waals surface area contributed by atoms with Gasteiger partial charge in [-0.3, -0.25) is 0 Å². The van der Waals surface area contributed by atoms with E-state index in [2.05, 4.69) is 10.2 Å². The molecule has 0 unspecified atom stereocenters. The van der Waals surface area contributed by atoms with Crippen LogP contribution in [-0.4, -0.2) is 14.2 Å². The summed E-state index contributed by atoms with van der Waals surface area (Å²) in [5, 5.41) is 3.56. The Balaban J connectivity index is 3.13. The van der Waals surface area contributed by atoms with Crippen molar-refractivity contribution in [2.24, 2.45) is 0 Å². The molecule has 0 aromatic heterocycles. The van der Waals surface area contributed by atoms with Crippen molar-refractivity contribution in [3.63, 3.8) is 0 Å². The zero-order chi connectivity index (χ0) is 9.84. The molecule has 0 bridgehead atoms. The lowest BCUT2D eigenvalue weighted by Gasteiger charge is -2.10. The Morgan fingerprint density at radius 3 is 2.62 bits per heavy atom. The number of hydrogen-bond acceptors (Lipinski definition) is 3. The molecular weight excluding hydrogens is 190 g/mol. The van der Waals surface area contributed by atoms with Gasteiger partial charge in [-0.2, -0.15) is 4.89 Å². The fraction of sp³-hybridized carbons (Fsp3) is 0.333. The molecule has 0 heterocycles. The van der Waals surface area contributed by atoms with Crippen LogP contribution < -0.4 is 10.2 Å². The van der Waals surface area contributed by atoms with Crippen molar-refractivity contribution in [1.82, 2.24) is 0 Å². The second kappa shape index (κ2) is 4.35. The summed E-state index contributed by atoms with van der Waals surface area (Å²) in [6, 6.07) is 3.71. The maximum atomic E-state index is 5.97. The summed E-state index contributed by atoms with van der Waals surface area (Å²) in [4.78, 5) is 9.52. The largest absolute Gasteiger partial charge is 0.384 e. The number of halogens is 1. The molecule has 4 heteroatoms. The van der Waals surface area contributed by atoms with Crippen molar-refractivity contribution >= 4 is 17.3 Å². The van der Waals surface area contributed by atoms with Gasteiger partial charge in [-0.05, 0) is 24.6 Å². The van der Waals surface area contributed by atoms with E-state index in [1.54, 1.807) is 7.05 Å². The Bertz CT molecular complexity index is 302. The second-order valence-electron chi connectivity index (χ2n) is 2.62. The van der Waals surface area contributed by atoms with Crippen molar-refractivity contribution in [2.45, 2.75) is 6.92 Å². The summed E-state index contributed by atoms with van der Waals surface area (Å²) in [5.41, 5.74) is 1.75. The lowest BCUT2D eigenvalue weighted by molar-refractivity contribution is -0.177. The molecular formula is C9H12ClNO2. The van der Waals surface area contributed by atoms with Gasteiger partial charge in [-0.1, -0.05) is 11.6 Å². The van der Waals surface area contributed by atoms with E-state index in [0.29, 0.717) is 10.8 Å². The van der Waals surface area contributed by atoms with Crippen LogP contribution >= 0.6 is 11.6 Å². The molecule has 13 heavy (non-hydrogen) atoms. The predicted octanol–water partition coefficient (Wildman–Crippen LogP) is 2.63. The van der Waals surface area contributed by atoms with Gasteiger partial charge in [-0.15, -0.1) is 0 Å². The number of rotatable bonds is 3. The number of nitrogens with one attached hydrogen (secondary N) is 1. The molecule has 0 aliphatic heterocycles. The van der Waals surface area contributed by atoms with E-state index in [4.69, 9.17) is 16.5 Å². The van der Waals surface area contributed by atoms with E-state index in [1.807, 2.05) is 19.1 Å². The molecule has 1 rings (SSSR count). The second-order valence-corrected chi connectivity index (χ2v) is 3.03. The fourth-order valence-corrected chi connectivity index (χ4v) is 1.47. The Morgan fingerprint density at radius 1 is 1.38 bits per heavy atom. The first-order valence-corrected chi connectivity index (χ1v) is 4.25. The molecule has 0 amide bonds. The monoisotopic (exact) mass is 201 g/mol. The van der Waals surface area contributed by atoms with Gasteiger partial charge in [0.2, 0.25) is 0 Å². The van der Waals surface area contributed by atoms with Crippen LogP contribution in [0.5, 0.6) is 5.75 Å². The maximum absolute atomic E-state index is 5.97. The number of anilines is 1. The van der Waals surface area contributed by atoms with Gasteiger partial charge in [-0.25, -0.2) is 0 Å². The molecule has 1 N–H and O–H groups in total. The van der Waals surface area contributed by atoms with E-state index >= 15 is 0 Å². The van der Waals surface area contributed by atoms with Crippen molar-refractivity contribution in [3.05, 3.63) is 22.7 Å². The summed E-state index contributed by atoms with van der Waals surface area (Å²) >= 11 is 5.97. The molecule has 3 nitrogen and oxygen atoms in total. The molecule has 1 aromatic rings. The molecule has 1 aromatic carbocycles. The van der Waals surface area contributed by atoms with Crippen molar-refractivity contribution in [1.29, 1.82) is 0 Å². The van der Waals surface area contributed by atoms with Crippen LogP contribution in [0, 0.1) is 6.92 Å². The molecule has 0 radical (unpaired) electrons. The third-order valence-corrected chi connectivity index (χ3v) is 1.92. The molecule has 0 saturated heterocycles. The van der Waals surface area contributed by atoms with E-state index < -0.39 is 0 Å². The van der Waals surface area contributed by atoms with Crippen LogP contribution in [-0.2, 0) is 4.89 Å². The normalized spacial score (nSPS) is 9.85. The summed E-state index contributed by atoms with van der Waals surface area (Å²) in [5.74, 6) is 0.593. The minimum Gasteiger partial charge on any atom is -0.384 e. The number of benzene rings is 1. The van der Waals surface area contributed by atoms with Crippen LogP contribution in [0.3, 0.4) is 0 Å². The average Bonchev–Trinajstić information content (AvgIpc) is 2.04. The van der Waals surface area contributed by atoms with Gasteiger partial charge < -0.3 is 10.2 Å². The standard InChI is InChI=1S/C9H12ClNO2/c1-6-4-7(10)9(11-2)8(5-6)13-12-3/h4-5,11H,1-3H3. The quantitative estimate of drug-likeness (QED) is 0.603. The summed E-state index contributed by atoms with van der Waals surface area (Å²) in [6.07, 6.45) is 0. The summed E-state index contributed by atoms with van der Waals surface area (Å²) < 4.78 is 0. The molecule has 0 spiro atoms. The smallest absolute Gasteiger partial charge is 0.190 e. The van der Waals surface area contributed by atoms with Gasteiger partial charge in [0.05, 0.1) is 17.8 Å². The van der Waals surface area contributed by atoms with Gasteiger partial charge in [0.15, 0.2) is 5.75 Å². The minimum absolute atomic E-state index is 0.593. The van der Waals surface area contributed by atoms with Gasteiger partial charge in [0, 0.05) is 7.05 Å². The van der Waals surface area contributed by atoms with Gasteiger partial charge >= 0.3 is 0 Å². The lowest BCUT2D eigenvalue weighted by Crippen LogP contribution is -1.98. The van der Waals surface area contributed by atoms with E-state index in [1.165, 1.54) is 7.11 Å². The third kappa shape index (κ3) is 2.26. The SMILES string of the molecule is CNc1c(Cl)cc(C)cc1OOC. The molecule has 0 atom stereocenters. The van der Waals surface area contributed by atoms with E-state index in [0.717, 1.165) is 11.3 Å². The van der Waals surface area contributed by atoms with Crippen LogP contribution in [0.4, 0.5) is 5.69 Å². The van der Waals surface area contributed by atoms with Crippen molar-refractivity contribution < 1.29 is 9.78 Å². The Labute approximate surface area is 82.5 Å². The molecule has 0 aliphatic carbocycles. The Hall–Kier alpha value is -0.930. The molecule has 0 saturated carbocycles. The predicted molar refractivity (Wildman–Crippen MR) is 53.4 cm³/mol. The highest BCUT2D eigenvalue weighted by molar-refractivity contribution is 6.33. The molecule has 0 aliphatic rings. The minimum atomic E-state index is 0.593. The van der Waals surface area contributed by atoms with Crippen LogP contribution in [0.25, 0.3) is 0 Å². The summed E-state index contributed by atoms with van der Waals surface area (Å²) in [6.45, 7) is 1.94. The highest BCUT2D eigenvalue weighted by Crippen LogP contribution is 2.33. The maximum Gasteiger partial charge on any atom is 0.190 e. The van der Waals surface area contributed by atoms with Crippen LogP contribution in [0.15, 0.2) is 12.1 Å². The molecule has 0 fully saturated rings. The van der Waals surface area contributed by atoms with Crippen molar-refractivity contribution in [2.75, 3.05) is 19.5 Å². The van der Waals surface area contributed by atoms with Crippen LogP contribution in [0.2, 0.25) is 5.02 Å². The Kier molecular flexibility index (Phi) is 3.39. The fourth-order valence-electron chi connectivity index (χ4n) is 1.11. The summed E-state index contributed by atoms with van der Waals surface area (Å²) in [7, 11) is 3.23. The first-order chi connectivity index (χ1) is 6.19. The number of aryl methyl sites for hydroxylation is 1. The van der Waals surface area contributed by atoms with Crippen LogP contribution in [0.1, 0.15) is 5.56 Å². The number of hydrogen-bond donors (Lipinski definition) is 1. The first kappa shape index (κ1) is 10.2. The first-order valence-electron chi connectivity index (χ1n) is 3.87. The highest BCUT2D eigenvalue weighted by Gasteiger charge is 2.08. The average molecular weight is 202 g/mol. The zero-order valence-corrected chi connectivity index (χ0v) is 8.61. The highest BCUT2D eigenvalue weighted by atomic mass is 35.5. The third-order valence-electron chi connectivity index (χ3n) is 1.62. The van der Waals surface area contributed by atoms with Crippen molar-refractivity contribution in [3.8, 4) is 5.75 Å². The van der Waals surface area contributed by atoms with E-state index in [9.17, 15) is 0 Å². The van der Waals surface area contributed by atoms with Gasteiger partial charge in [0.25, 0.3) is 0 Å². The molecule has 72 valence electrons. The topological polar surface area (TPSA) is 30.5 Å². The van der Waals surface area contributed by atoms with Gasteiger partial charge in [0.1, 0.15) is 0 Å². The zero-order valence-electron chi connectivity index (χ0n) is 7.85.